The lowest BCUT2D eigenvalue weighted by Gasteiger charge is -2.01. The van der Waals surface area contributed by atoms with Crippen LogP contribution in [0, 0.1) is 0 Å². The molecule has 0 aromatic rings. The van der Waals surface area contributed by atoms with Gasteiger partial charge in [0, 0.05) is 11.5 Å². The molecule has 106 valence electrons. The highest BCUT2D eigenvalue weighted by Gasteiger charge is 2.06. The van der Waals surface area contributed by atoms with Crippen LogP contribution < -0.4 is 0 Å². The topological polar surface area (TPSA) is 71.4 Å². The normalized spacial score (nSPS) is 12.1. The fraction of sp³-hybridized carbons (Fsp3) is 0.769. The van der Waals surface area contributed by atoms with Crippen LogP contribution in [0.25, 0.3) is 0 Å². The maximum absolute atomic E-state index is 11.4. The Morgan fingerprint density at radius 2 is 1.50 bits per heavy atom. The molecule has 0 aromatic heterocycles. The van der Waals surface area contributed by atoms with Crippen LogP contribution in [0.1, 0.15) is 58.3 Å². The Morgan fingerprint density at radius 3 is 2.00 bits per heavy atom. The van der Waals surface area contributed by atoms with Gasteiger partial charge in [0.1, 0.15) is 0 Å². The standard InChI is InChI=1S/C13H24O4S/c1-2-3-4-5-6-7-8-9-11-18(16,17)12-10-13(14)15/h10,12H,2-9,11H2,1H3,(H,14,15). The second kappa shape index (κ2) is 10.1. The van der Waals surface area contributed by atoms with E-state index in [4.69, 9.17) is 5.11 Å². The number of sulfone groups is 1. The van der Waals surface area contributed by atoms with Gasteiger partial charge in [-0.05, 0) is 6.42 Å². The minimum atomic E-state index is -3.34. The SMILES string of the molecule is CCCCCCCCCCS(=O)(=O)C=CC(=O)O. The van der Waals surface area contributed by atoms with E-state index in [9.17, 15) is 13.2 Å². The fourth-order valence-corrected chi connectivity index (χ4v) is 2.73. The summed E-state index contributed by atoms with van der Waals surface area (Å²) in [5.74, 6) is -1.18. The van der Waals surface area contributed by atoms with E-state index in [0.29, 0.717) is 12.5 Å². The molecule has 0 saturated carbocycles. The second-order valence-corrected chi connectivity index (χ2v) is 6.49. The smallest absolute Gasteiger partial charge is 0.329 e. The van der Waals surface area contributed by atoms with Crippen molar-refractivity contribution < 1.29 is 18.3 Å². The molecule has 0 aliphatic carbocycles. The Labute approximate surface area is 110 Å². The second-order valence-electron chi connectivity index (χ2n) is 4.48. The first kappa shape index (κ1) is 17.2. The molecule has 0 aromatic carbocycles. The van der Waals surface area contributed by atoms with Crippen molar-refractivity contribution in [2.24, 2.45) is 0 Å². The van der Waals surface area contributed by atoms with Crippen molar-refractivity contribution >= 4 is 15.8 Å². The van der Waals surface area contributed by atoms with Crippen molar-refractivity contribution in [2.45, 2.75) is 58.3 Å². The van der Waals surface area contributed by atoms with Crippen LogP contribution >= 0.6 is 0 Å². The molecule has 0 saturated heterocycles. The molecule has 0 atom stereocenters. The summed E-state index contributed by atoms with van der Waals surface area (Å²) in [6, 6.07) is 0. The first-order valence-electron chi connectivity index (χ1n) is 6.61. The molecule has 0 aliphatic rings. The van der Waals surface area contributed by atoms with Gasteiger partial charge in [0.05, 0.1) is 5.75 Å². The fourth-order valence-electron chi connectivity index (χ4n) is 1.67. The molecule has 0 radical (unpaired) electrons. The number of carbonyl (C=O) groups is 1. The highest BCUT2D eigenvalue weighted by molar-refractivity contribution is 7.94. The molecule has 5 heteroatoms. The third kappa shape index (κ3) is 11.6. The largest absolute Gasteiger partial charge is 0.478 e. The van der Waals surface area contributed by atoms with Crippen molar-refractivity contribution in [2.75, 3.05) is 5.75 Å². The average molecular weight is 276 g/mol. The molecular formula is C13H24O4S. The molecule has 0 aliphatic heterocycles. The highest BCUT2D eigenvalue weighted by Crippen LogP contribution is 2.09. The van der Waals surface area contributed by atoms with Crippen LogP contribution in [0.2, 0.25) is 0 Å². The maximum Gasteiger partial charge on any atom is 0.329 e. The number of carboxylic acid groups (broad SMARTS) is 1. The lowest BCUT2D eigenvalue weighted by molar-refractivity contribution is -0.131. The molecule has 0 amide bonds. The molecule has 1 N–H and O–H groups in total. The zero-order valence-electron chi connectivity index (χ0n) is 11.1. The van der Waals surface area contributed by atoms with E-state index < -0.39 is 15.8 Å². The molecule has 0 spiro atoms. The van der Waals surface area contributed by atoms with Crippen molar-refractivity contribution in [1.29, 1.82) is 0 Å². The molecule has 18 heavy (non-hydrogen) atoms. The number of hydrogen-bond donors (Lipinski definition) is 1. The summed E-state index contributed by atoms with van der Waals surface area (Å²) in [6.07, 6.45) is 9.39. The zero-order valence-corrected chi connectivity index (χ0v) is 11.9. The molecule has 0 unspecified atom stereocenters. The minimum absolute atomic E-state index is 0.0474. The Kier molecular flexibility index (Phi) is 9.64. The van der Waals surface area contributed by atoms with Crippen LogP contribution in [0.3, 0.4) is 0 Å². The average Bonchev–Trinajstić information content (AvgIpc) is 2.30. The quantitative estimate of drug-likeness (QED) is 0.465. The predicted octanol–water partition coefficient (Wildman–Crippen LogP) is 3.14. The molecule has 0 fully saturated rings. The molecule has 0 heterocycles. The Bertz CT molecular complexity index is 344. The number of carboxylic acids is 1. The van der Waals surface area contributed by atoms with Crippen molar-refractivity contribution in [3.63, 3.8) is 0 Å². The Balaban J connectivity index is 3.56. The summed E-state index contributed by atoms with van der Waals surface area (Å²) in [7, 11) is -3.34. The van der Waals surface area contributed by atoms with Crippen LogP contribution in [0.5, 0.6) is 0 Å². The summed E-state index contributed by atoms with van der Waals surface area (Å²) in [4.78, 5) is 10.2. The van der Waals surface area contributed by atoms with Crippen LogP contribution in [-0.4, -0.2) is 25.2 Å². The Hall–Kier alpha value is -0.840. The third-order valence-corrected chi connectivity index (χ3v) is 4.11. The van der Waals surface area contributed by atoms with Gasteiger partial charge >= 0.3 is 5.97 Å². The van der Waals surface area contributed by atoms with Crippen LogP contribution in [0.4, 0.5) is 0 Å². The van der Waals surface area contributed by atoms with Gasteiger partial charge in [-0.15, -0.1) is 0 Å². The zero-order chi connectivity index (χ0) is 13.9. The van der Waals surface area contributed by atoms with E-state index in [2.05, 4.69) is 6.92 Å². The number of rotatable bonds is 11. The Morgan fingerprint density at radius 1 is 1.00 bits per heavy atom. The van der Waals surface area contributed by atoms with Gasteiger partial charge in [-0.3, -0.25) is 0 Å². The minimum Gasteiger partial charge on any atom is -0.478 e. The molecule has 4 nitrogen and oxygen atoms in total. The van der Waals surface area contributed by atoms with E-state index in [1.54, 1.807) is 0 Å². The van der Waals surface area contributed by atoms with Crippen LogP contribution in [0.15, 0.2) is 11.5 Å². The van der Waals surface area contributed by atoms with E-state index in [1.807, 2.05) is 0 Å². The highest BCUT2D eigenvalue weighted by atomic mass is 32.2. The number of unbranched alkanes of at least 4 members (excludes halogenated alkanes) is 7. The van der Waals surface area contributed by atoms with Gasteiger partial charge in [-0.2, -0.15) is 0 Å². The van der Waals surface area contributed by atoms with E-state index in [1.165, 1.54) is 25.7 Å². The van der Waals surface area contributed by atoms with E-state index >= 15 is 0 Å². The van der Waals surface area contributed by atoms with Gasteiger partial charge in [0.15, 0.2) is 9.84 Å². The summed E-state index contributed by atoms with van der Waals surface area (Å²) in [5.41, 5.74) is 0. The van der Waals surface area contributed by atoms with Gasteiger partial charge in [0.2, 0.25) is 0 Å². The summed E-state index contributed by atoms with van der Waals surface area (Å²) >= 11 is 0. The molecular weight excluding hydrogens is 252 g/mol. The third-order valence-electron chi connectivity index (χ3n) is 2.70. The van der Waals surface area contributed by atoms with E-state index in [-0.39, 0.29) is 5.75 Å². The van der Waals surface area contributed by atoms with Crippen molar-refractivity contribution in [3.05, 3.63) is 11.5 Å². The van der Waals surface area contributed by atoms with Crippen molar-refractivity contribution in [1.82, 2.24) is 0 Å². The summed E-state index contributed by atoms with van der Waals surface area (Å²) in [6.45, 7) is 2.18. The predicted molar refractivity (Wildman–Crippen MR) is 73.2 cm³/mol. The maximum atomic E-state index is 11.4. The van der Waals surface area contributed by atoms with Crippen LogP contribution in [-0.2, 0) is 14.6 Å². The first-order valence-corrected chi connectivity index (χ1v) is 8.33. The molecule has 0 rings (SSSR count). The molecule has 0 bridgehead atoms. The lowest BCUT2D eigenvalue weighted by Crippen LogP contribution is -2.03. The lowest BCUT2D eigenvalue weighted by atomic mass is 10.1. The van der Waals surface area contributed by atoms with Gasteiger partial charge < -0.3 is 5.11 Å². The summed E-state index contributed by atoms with van der Waals surface area (Å²) in [5, 5.41) is 9.13. The number of aliphatic carboxylic acids is 1. The van der Waals surface area contributed by atoms with Gasteiger partial charge in [-0.25, -0.2) is 13.2 Å². The van der Waals surface area contributed by atoms with Crippen molar-refractivity contribution in [3.8, 4) is 0 Å². The van der Waals surface area contributed by atoms with Gasteiger partial charge in [0.25, 0.3) is 0 Å². The number of hydrogen-bond acceptors (Lipinski definition) is 3. The van der Waals surface area contributed by atoms with Gasteiger partial charge in [-0.1, -0.05) is 51.9 Å². The summed E-state index contributed by atoms with van der Waals surface area (Å²) < 4.78 is 22.7. The monoisotopic (exact) mass is 276 g/mol. The van der Waals surface area contributed by atoms with E-state index in [0.717, 1.165) is 24.7 Å². The first-order chi connectivity index (χ1) is 8.48.